The van der Waals surface area contributed by atoms with Crippen molar-refractivity contribution in [2.24, 2.45) is 0 Å². The molecule has 0 aliphatic carbocycles. The van der Waals surface area contributed by atoms with Crippen LogP contribution in [-0.2, 0) is 11.3 Å². The molecule has 2 aromatic heterocycles. The van der Waals surface area contributed by atoms with Crippen molar-refractivity contribution in [3.05, 3.63) is 46.2 Å². The molecule has 1 saturated heterocycles. The summed E-state index contributed by atoms with van der Waals surface area (Å²) >= 11 is 1.65. The van der Waals surface area contributed by atoms with Crippen LogP contribution in [0.5, 0.6) is 0 Å². The predicted molar refractivity (Wildman–Crippen MR) is 94.8 cm³/mol. The normalized spacial score (nSPS) is 19.0. The van der Waals surface area contributed by atoms with Crippen molar-refractivity contribution < 1.29 is 4.74 Å². The number of nitrogens with zero attached hydrogens (tertiary/aromatic N) is 4. The number of rotatable bonds is 3. The molecule has 3 heterocycles. The van der Waals surface area contributed by atoms with Gasteiger partial charge in [-0.2, -0.15) is 0 Å². The monoisotopic (exact) mass is 341 g/mol. The zero-order valence-corrected chi connectivity index (χ0v) is 14.3. The van der Waals surface area contributed by atoms with Crippen LogP contribution in [0.25, 0.3) is 10.9 Å². The number of aromatic nitrogens is 3. The second kappa shape index (κ2) is 6.43. The summed E-state index contributed by atoms with van der Waals surface area (Å²) in [6.45, 7) is 5.01. The SMILES string of the molecule is Cc1csc(C2CN(Cc3nc(N)c4ccccc4n3)CCO2)n1. The molecule has 124 valence electrons. The number of fused-ring (bicyclic) bond motifs is 1. The van der Waals surface area contributed by atoms with Crippen LogP contribution in [0, 0.1) is 6.92 Å². The Labute approximate surface area is 144 Å². The van der Waals surface area contributed by atoms with Crippen LogP contribution in [0.15, 0.2) is 29.6 Å². The van der Waals surface area contributed by atoms with Gasteiger partial charge < -0.3 is 10.5 Å². The summed E-state index contributed by atoms with van der Waals surface area (Å²) in [5.41, 5.74) is 8.01. The van der Waals surface area contributed by atoms with E-state index in [2.05, 4.69) is 25.2 Å². The zero-order chi connectivity index (χ0) is 16.5. The third kappa shape index (κ3) is 3.10. The highest BCUT2D eigenvalue weighted by atomic mass is 32.1. The molecule has 3 aromatic rings. The molecule has 2 N–H and O–H groups in total. The van der Waals surface area contributed by atoms with E-state index >= 15 is 0 Å². The van der Waals surface area contributed by atoms with Crippen LogP contribution in [0.2, 0.25) is 0 Å². The predicted octanol–water partition coefficient (Wildman–Crippen LogP) is 2.55. The van der Waals surface area contributed by atoms with Gasteiger partial charge in [0, 0.05) is 29.5 Å². The summed E-state index contributed by atoms with van der Waals surface area (Å²) in [5, 5.41) is 4.00. The quantitative estimate of drug-likeness (QED) is 0.789. The van der Waals surface area contributed by atoms with Crippen molar-refractivity contribution in [3.63, 3.8) is 0 Å². The number of benzene rings is 1. The van der Waals surface area contributed by atoms with E-state index in [0.717, 1.165) is 40.5 Å². The van der Waals surface area contributed by atoms with Gasteiger partial charge in [-0.05, 0) is 19.1 Å². The minimum absolute atomic E-state index is 0.0234. The van der Waals surface area contributed by atoms with E-state index in [0.29, 0.717) is 19.0 Å². The Balaban J connectivity index is 1.52. The summed E-state index contributed by atoms with van der Waals surface area (Å²) in [4.78, 5) is 16.0. The standard InChI is InChI=1S/C17H19N5OS/c1-11-10-24-17(19-11)14-8-22(6-7-23-14)9-15-20-13-5-3-2-4-12(13)16(18)21-15/h2-5,10,14H,6-9H2,1H3,(H2,18,20,21). The van der Waals surface area contributed by atoms with Gasteiger partial charge in [-0.25, -0.2) is 15.0 Å². The molecule has 1 atom stereocenters. The zero-order valence-electron chi connectivity index (χ0n) is 13.5. The van der Waals surface area contributed by atoms with Crippen LogP contribution < -0.4 is 5.73 Å². The minimum atomic E-state index is 0.0234. The molecule has 1 aliphatic rings. The molecule has 0 amide bonds. The van der Waals surface area contributed by atoms with E-state index in [9.17, 15) is 0 Å². The van der Waals surface area contributed by atoms with Crippen LogP contribution >= 0.6 is 11.3 Å². The van der Waals surface area contributed by atoms with Gasteiger partial charge in [-0.15, -0.1) is 11.3 Å². The highest BCUT2D eigenvalue weighted by Crippen LogP contribution is 2.26. The smallest absolute Gasteiger partial charge is 0.145 e. The molecule has 0 spiro atoms. The van der Waals surface area contributed by atoms with E-state index in [-0.39, 0.29) is 6.10 Å². The molecule has 0 saturated carbocycles. The number of hydrogen-bond donors (Lipinski definition) is 1. The van der Waals surface area contributed by atoms with Crippen molar-refractivity contribution in [2.75, 3.05) is 25.4 Å². The van der Waals surface area contributed by atoms with Gasteiger partial charge in [0.05, 0.1) is 18.7 Å². The molecule has 24 heavy (non-hydrogen) atoms. The van der Waals surface area contributed by atoms with Crippen molar-refractivity contribution in [3.8, 4) is 0 Å². The van der Waals surface area contributed by atoms with Gasteiger partial charge >= 0.3 is 0 Å². The average molecular weight is 341 g/mol. The number of morpholine rings is 1. The lowest BCUT2D eigenvalue weighted by Gasteiger charge is -2.31. The lowest BCUT2D eigenvalue weighted by molar-refractivity contribution is -0.0337. The van der Waals surface area contributed by atoms with Crippen molar-refractivity contribution >= 4 is 28.1 Å². The van der Waals surface area contributed by atoms with E-state index in [1.165, 1.54) is 0 Å². The first-order valence-corrected chi connectivity index (χ1v) is 8.84. The van der Waals surface area contributed by atoms with Gasteiger partial charge in [0.1, 0.15) is 22.8 Å². The third-order valence-corrected chi connectivity index (χ3v) is 5.16. The van der Waals surface area contributed by atoms with E-state index in [1.807, 2.05) is 31.2 Å². The maximum absolute atomic E-state index is 6.08. The molecule has 0 radical (unpaired) electrons. The van der Waals surface area contributed by atoms with Crippen LogP contribution in [0.1, 0.15) is 22.6 Å². The number of nitrogens with two attached hydrogens (primary N) is 1. The summed E-state index contributed by atoms with van der Waals surface area (Å²) < 4.78 is 5.88. The molecule has 1 aromatic carbocycles. The lowest BCUT2D eigenvalue weighted by atomic mass is 10.2. The molecular weight excluding hydrogens is 322 g/mol. The number of anilines is 1. The van der Waals surface area contributed by atoms with Crippen LogP contribution in [0.4, 0.5) is 5.82 Å². The fourth-order valence-corrected chi connectivity index (χ4v) is 3.77. The highest BCUT2D eigenvalue weighted by Gasteiger charge is 2.25. The number of para-hydroxylation sites is 1. The first kappa shape index (κ1) is 15.4. The Hall–Kier alpha value is -2.09. The van der Waals surface area contributed by atoms with Gasteiger partial charge in [-0.3, -0.25) is 4.90 Å². The number of thiazole rings is 1. The van der Waals surface area contributed by atoms with Gasteiger partial charge in [0.2, 0.25) is 0 Å². The number of nitrogen functional groups attached to an aromatic ring is 1. The molecule has 4 rings (SSSR count). The Kier molecular flexibility index (Phi) is 4.13. The highest BCUT2D eigenvalue weighted by molar-refractivity contribution is 7.09. The average Bonchev–Trinajstić information content (AvgIpc) is 3.02. The van der Waals surface area contributed by atoms with Crippen molar-refractivity contribution in [1.82, 2.24) is 19.9 Å². The maximum atomic E-state index is 6.08. The lowest BCUT2D eigenvalue weighted by Crippen LogP contribution is -2.38. The molecule has 1 fully saturated rings. The molecule has 1 aliphatic heterocycles. The van der Waals surface area contributed by atoms with E-state index < -0.39 is 0 Å². The second-order valence-electron chi connectivity index (χ2n) is 5.96. The Bertz CT molecular complexity index is 865. The maximum Gasteiger partial charge on any atom is 0.145 e. The number of aryl methyl sites for hydroxylation is 1. The molecule has 6 nitrogen and oxygen atoms in total. The Morgan fingerprint density at radius 3 is 3.00 bits per heavy atom. The van der Waals surface area contributed by atoms with E-state index in [4.69, 9.17) is 10.5 Å². The number of hydrogen-bond acceptors (Lipinski definition) is 7. The van der Waals surface area contributed by atoms with Crippen molar-refractivity contribution in [2.45, 2.75) is 19.6 Å². The molecular formula is C17H19N5OS. The fraction of sp³-hybridized carbons (Fsp3) is 0.353. The van der Waals surface area contributed by atoms with Crippen LogP contribution in [-0.4, -0.2) is 39.5 Å². The summed E-state index contributed by atoms with van der Waals surface area (Å²) in [5.74, 6) is 1.29. The summed E-state index contributed by atoms with van der Waals surface area (Å²) in [7, 11) is 0. The topological polar surface area (TPSA) is 77.2 Å². The summed E-state index contributed by atoms with van der Waals surface area (Å²) in [6, 6.07) is 7.83. The minimum Gasteiger partial charge on any atom is -0.383 e. The van der Waals surface area contributed by atoms with Gasteiger partial charge in [0.15, 0.2) is 0 Å². The Morgan fingerprint density at radius 1 is 1.29 bits per heavy atom. The number of ether oxygens (including phenoxy) is 1. The second-order valence-corrected chi connectivity index (χ2v) is 6.85. The molecule has 0 bridgehead atoms. The third-order valence-electron chi connectivity index (χ3n) is 4.11. The first-order chi connectivity index (χ1) is 11.7. The van der Waals surface area contributed by atoms with Crippen LogP contribution in [0.3, 0.4) is 0 Å². The summed E-state index contributed by atoms with van der Waals surface area (Å²) in [6.07, 6.45) is 0.0234. The van der Waals surface area contributed by atoms with Gasteiger partial charge in [0.25, 0.3) is 0 Å². The fourth-order valence-electron chi connectivity index (χ4n) is 2.94. The molecule has 7 heteroatoms. The van der Waals surface area contributed by atoms with Crippen molar-refractivity contribution in [1.29, 1.82) is 0 Å². The Morgan fingerprint density at radius 2 is 2.17 bits per heavy atom. The van der Waals surface area contributed by atoms with E-state index in [1.54, 1.807) is 11.3 Å². The largest absolute Gasteiger partial charge is 0.383 e. The molecule has 1 unspecified atom stereocenters. The first-order valence-electron chi connectivity index (χ1n) is 7.96. The van der Waals surface area contributed by atoms with Gasteiger partial charge in [-0.1, -0.05) is 12.1 Å².